The van der Waals surface area contributed by atoms with E-state index < -0.39 is 11.9 Å². The summed E-state index contributed by atoms with van der Waals surface area (Å²) in [4.78, 5) is 24.7. The molecule has 1 aliphatic heterocycles. The Morgan fingerprint density at radius 3 is 2.13 bits per heavy atom. The molecule has 1 heterocycles. The van der Waals surface area contributed by atoms with Gasteiger partial charge in [0.1, 0.15) is 5.92 Å². The van der Waals surface area contributed by atoms with E-state index in [9.17, 15) is 9.59 Å². The fraction of sp³-hybridized carbons (Fsp3) is 0.263. The highest BCUT2D eigenvalue weighted by atomic mass is 16.5. The van der Waals surface area contributed by atoms with Crippen LogP contribution in [0.1, 0.15) is 29.6 Å². The van der Waals surface area contributed by atoms with Crippen LogP contribution in [0.3, 0.4) is 0 Å². The van der Waals surface area contributed by atoms with Gasteiger partial charge >= 0.3 is 5.97 Å². The molecule has 0 bridgehead atoms. The highest BCUT2D eigenvalue weighted by Crippen LogP contribution is 2.35. The lowest BCUT2D eigenvalue weighted by Gasteiger charge is -2.35. The lowest BCUT2D eigenvalue weighted by Crippen LogP contribution is -2.46. The lowest BCUT2D eigenvalue weighted by atomic mass is 9.81. The van der Waals surface area contributed by atoms with Crippen molar-refractivity contribution in [2.75, 3.05) is 7.11 Å². The van der Waals surface area contributed by atoms with Gasteiger partial charge in [-0.25, -0.2) is 0 Å². The van der Waals surface area contributed by atoms with Crippen LogP contribution in [-0.2, 0) is 14.3 Å². The van der Waals surface area contributed by atoms with Gasteiger partial charge in [-0.3, -0.25) is 9.59 Å². The first-order valence-corrected chi connectivity index (χ1v) is 7.67. The molecule has 4 heteroatoms. The van der Waals surface area contributed by atoms with Gasteiger partial charge in [0.05, 0.1) is 13.2 Å². The van der Waals surface area contributed by atoms with Crippen LogP contribution in [0.5, 0.6) is 0 Å². The number of benzene rings is 2. The van der Waals surface area contributed by atoms with Crippen molar-refractivity contribution >= 4 is 11.8 Å². The zero-order valence-electron chi connectivity index (χ0n) is 12.9. The van der Waals surface area contributed by atoms with E-state index in [1.54, 1.807) is 0 Å². The molecule has 23 heavy (non-hydrogen) atoms. The number of hydrogen-bond acceptors (Lipinski definition) is 4. The van der Waals surface area contributed by atoms with E-state index in [0.717, 1.165) is 11.1 Å². The number of ketones is 1. The summed E-state index contributed by atoms with van der Waals surface area (Å²) in [5.74, 6) is -1.37. The molecule has 2 aromatic carbocycles. The number of nitrogens with one attached hydrogen (secondary N) is 1. The largest absolute Gasteiger partial charge is 0.468 e. The third kappa shape index (κ3) is 3.17. The number of esters is 1. The Balaban J connectivity index is 1.95. The number of methoxy groups -OCH3 is 1. The average Bonchev–Trinajstić information content (AvgIpc) is 2.62. The maximum atomic E-state index is 12.6. The number of rotatable bonds is 3. The molecule has 3 rings (SSSR count). The third-order valence-electron chi connectivity index (χ3n) is 4.28. The average molecular weight is 309 g/mol. The molecular weight excluding hydrogens is 290 g/mol. The van der Waals surface area contributed by atoms with Crippen LogP contribution in [0.15, 0.2) is 60.7 Å². The molecule has 0 amide bonds. The van der Waals surface area contributed by atoms with Gasteiger partial charge in [-0.2, -0.15) is 0 Å². The van der Waals surface area contributed by atoms with Gasteiger partial charge in [-0.1, -0.05) is 60.7 Å². The second-order valence-corrected chi connectivity index (χ2v) is 5.69. The number of hydrogen-bond donors (Lipinski definition) is 1. The normalized spacial score (nSPS) is 24.2. The minimum Gasteiger partial charge on any atom is -0.468 e. The SMILES string of the molecule is COC(=O)[C@H]1C(=O)C[C@H](c2ccccc2)N[C@@H]1c1ccccc1. The number of Topliss-reactive ketones (excluding diaryl/α,β-unsaturated/α-hetero) is 1. The van der Waals surface area contributed by atoms with Crippen LogP contribution < -0.4 is 5.32 Å². The number of carbonyl (C=O) groups excluding carboxylic acids is 2. The summed E-state index contributed by atoms with van der Waals surface area (Å²) in [5, 5.41) is 3.46. The van der Waals surface area contributed by atoms with Gasteiger partial charge in [-0.05, 0) is 11.1 Å². The first kappa shape index (κ1) is 15.4. The van der Waals surface area contributed by atoms with Gasteiger partial charge < -0.3 is 10.1 Å². The fourth-order valence-corrected chi connectivity index (χ4v) is 3.13. The summed E-state index contributed by atoms with van der Waals surface area (Å²) in [5.41, 5.74) is 1.96. The van der Waals surface area contributed by atoms with E-state index in [4.69, 9.17) is 4.74 Å². The van der Waals surface area contributed by atoms with Crippen molar-refractivity contribution in [3.63, 3.8) is 0 Å². The summed E-state index contributed by atoms with van der Waals surface area (Å²) < 4.78 is 4.85. The van der Waals surface area contributed by atoms with Crippen LogP contribution in [0.25, 0.3) is 0 Å². The lowest BCUT2D eigenvalue weighted by molar-refractivity contribution is -0.152. The third-order valence-corrected chi connectivity index (χ3v) is 4.28. The van der Waals surface area contributed by atoms with Crippen LogP contribution in [0, 0.1) is 5.92 Å². The van der Waals surface area contributed by atoms with Crippen molar-refractivity contribution in [1.82, 2.24) is 5.32 Å². The van der Waals surface area contributed by atoms with Crippen LogP contribution in [0.2, 0.25) is 0 Å². The van der Waals surface area contributed by atoms with Crippen molar-refractivity contribution in [2.45, 2.75) is 18.5 Å². The Hall–Kier alpha value is -2.46. The molecule has 118 valence electrons. The molecular formula is C19H19NO3. The summed E-state index contributed by atoms with van der Waals surface area (Å²) in [7, 11) is 1.32. The predicted molar refractivity (Wildman–Crippen MR) is 86.6 cm³/mol. The zero-order valence-corrected chi connectivity index (χ0v) is 12.9. The molecule has 0 saturated carbocycles. The Labute approximate surface area is 135 Å². The van der Waals surface area contributed by atoms with Crippen LogP contribution in [-0.4, -0.2) is 18.9 Å². The standard InChI is InChI=1S/C19H19NO3/c1-23-19(22)17-16(21)12-15(13-8-4-2-5-9-13)20-18(17)14-10-6-3-7-11-14/h2-11,15,17-18,20H,12H2,1H3/t15-,17+,18-/m1/s1. The van der Waals surface area contributed by atoms with E-state index in [2.05, 4.69) is 5.32 Å². The second kappa shape index (κ2) is 6.75. The van der Waals surface area contributed by atoms with E-state index in [-0.39, 0.29) is 24.3 Å². The Kier molecular flexibility index (Phi) is 4.53. The fourth-order valence-electron chi connectivity index (χ4n) is 3.13. The molecule has 0 spiro atoms. The van der Waals surface area contributed by atoms with Crippen LogP contribution >= 0.6 is 0 Å². The van der Waals surface area contributed by atoms with Crippen molar-refractivity contribution in [3.8, 4) is 0 Å². The monoisotopic (exact) mass is 309 g/mol. The Bertz CT molecular complexity index is 684. The molecule has 2 aromatic rings. The molecule has 0 aromatic heterocycles. The minimum absolute atomic E-state index is 0.0849. The van der Waals surface area contributed by atoms with Crippen molar-refractivity contribution in [3.05, 3.63) is 71.8 Å². The predicted octanol–water partition coefficient (Wildman–Crippen LogP) is 2.82. The maximum absolute atomic E-state index is 12.6. The summed E-state index contributed by atoms with van der Waals surface area (Å²) in [6.45, 7) is 0. The van der Waals surface area contributed by atoms with Crippen molar-refractivity contribution in [1.29, 1.82) is 0 Å². The minimum atomic E-state index is -0.803. The molecule has 0 radical (unpaired) electrons. The summed E-state index contributed by atoms with van der Waals surface area (Å²) in [6, 6.07) is 18.9. The van der Waals surface area contributed by atoms with E-state index in [1.165, 1.54) is 7.11 Å². The van der Waals surface area contributed by atoms with E-state index in [1.807, 2.05) is 60.7 Å². The number of piperidine rings is 1. The highest BCUT2D eigenvalue weighted by molar-refractivity contribution is 6.00. The molecule has 1 N–H and O–H groups in total. The summed E-state index contributed by atoms with van der Waals surface area (Å²) >= 11 is 0. The smallest absolute Gasteiger partial charge is 0.318 e. The molecule has 1 saturated heterocycles. The Morgan fingerprint density at radius 1 is 1.00 bits per heavy atom. The molecule has 0 aliphatic carbocycles. The molecule has 0 unspecified atom stereocenters. The molecule has 1 fully saturated rings. The van der Waals surface area contributed by atoms with Gasteiger partial charge in [-0.15, -0.1) is 0 Å². The maximum Gasteiger partial charge on any atom is 0.318 e. The highest BCUT2D eigenvalue weighted by Gasteiger charge is 2.42. The first-order valence-electron chi connectivity index (χ1n) is 7.67. The zero-order chi connectivity index (χ0) is 16.2. The van der Waals surface area contributed by atoms with Crippen LogP contribution in [0.4, 0.5) is 0 Å². The van der Waals surface area contributed by atoms with Gasteiger partial charge in [0, 0.05) is 12.5 Å². The Morgan fingerprint density at radius 2 is 1.57 bits per heavy atom. The van der Waals surface area contributed by atoms with Gasteiger partial charge in [0.2, 0.25) is 0 Å². The van der Waals surface area contributed by atoms with Gasteiger partial charge in [0.25, 0.3) is 0 Å². The van der Waals surface area contributed by atoms with Gasteiger partial charge in [0.15, 0.2) is 5.78 Å². The molecule has 3 atom stereocenters. The van der Waals surface area contributed by atoms with Crippen molar-refractivity contribution in [2.24, 2.45) is 5.92 Å². The summed E-state index contributed by atoms with van der Waals surface area (Å²) in [6.07, 6.45) is 0.285. The quantitative estimate of drug-likeness (QED) is 0.700. The van der Waals surface area contributed by atoms with E-state index in [0.29, 0.717) is 0 Å². The second-order valence-electron chi connectivity index (χ2n) is 5.69. The molecule has 1 aliphatic rings. The number of carbonyl (C=O) groups is 2. The first-order chi connectivity index (χ1) is 11.2. The number of ether oxygens (including phenoxy) is 1. The molecule has 4 nitrogen and oxygen atoms in total. The van der Waals surface area contributed by atoms with E-state index >= 15 is 0 Å². The van der Waals surface area contributed by atoms with Crippen molar-refractivity contribution < 1.29 is 14.3 Å². The topological polar surface area (TPSA) is 55.4 Å².